The molecule has 178 valence electrons. The number of nitrogens with one attached hydrogen (secondary N) is 1. The lowest BCUT2D eigenvalue weighted by molar-refractivity contribution is -0.117. The summed E-state index contributed by atoms with van der Waals surface area (Å²) in [6.45, 7) is 5.89. The largest absolute Gasteiger partial charge is 0.462 e. The molecule has 1 N–H and O–H groups in total. The minimum atomic E-state index is -0.515. The van der Waals surface area contributed by atoms with Crippen molar-refractivity contribution in [3.8, 4) is 0 Å². The first-order valence-electron chi connectivity index (χ1n) is 11.7. The van der Waals surface area contributed by atoms with Crippen molar-refractivity contribution in [2.24, 2.45) is 0 Å². The molecule has 1 atom stereocenters. The van der Waals surface area contributed by atoms with Gasteiger partial charge in [-0.15, -0.1) is 11.3 Å². The van der Waals surface area contributed by atoms with Crippen LogP contribution < -0.4 is 5.32 Å². The average molecular weight is 484 g/mol. The highest BCUT2D eigenvalue weighted by atomic mass is 32.1. The van der Waals surface area contributed by atoms with Crippen molar-refractivity contribution in [3.05, 3.63) is 124 Å². The Bertz CT molecular complexity index is 1240. The summed E-state index contributed by atoms with van der Waals surface area (Å²) in [4.78, 5) is 27.8. The normalized spacial score (nSPS) is 11.8. The maximum Gasteiger partial charge on any atom is 0.341 e. The number of benzene rings is 3. The molecule has 0 aliphatic rings. The van der Waals surface area contributed by atoms with E-state index in [1.54, 1.807) is 6.92 Å². The van der Waals surface area contributed by atoms with Crippen molar-refractivity contribution >= 4 is 28.2 Å². The van der Waals surface area contributed by atoms with Crippen LogP contribution in [0, 0.1) is 13.8 Å². The number of amides is 1. The summed E-state index contributed by atoms with van der Waals surface area (Å²) < 4.78 is 5.29. The second-order valence-electron chi connectivity index (χ2n) is 8.38. The number of esters is 1. The van der Waals surface area contributed by atoms with Gasteiger partial charge in [-0.3, -0.25) is 4.79 Å². The van der Waals surface area contributed by atoms with Gasteiger partial charge in [0.25, 0.3) is 0 Å². The molecule has 1 amide bonds. The minimum absolute atomic E-state index is 0.166. The fraction of sp³-hybridized carbons (Fsp3) is 0.200. The number of rotatable bonds is 8. The maximum atomic E-state index is 14.1. The van der Waals surface area contributed by atoms with Crippen LogP contribution in [0.1, 0.15) is 56.2 Å². The van der Waals surface area contributed by atoms with E-state index in [0.717, 1.165) is 27.1 Å². The molecule has 0 fully saturated rings. The Kier molecular flexibility index (Phi) is 7.78. The van der Waals surface area contributed by atoms with Gasteiger partial charge in [-0.2, -0.15) is 0 Å². The van der Waals surface area contributed by atoms with Gasteiger partial charge in [-0.25, -0.2) is 4.79 Å². The SMILES string of the molecule is CCOC(=O)c1c(NC(=O)C(c2ccccc2)C(c2ccccc2)c2ccccc2)sc(C)c1C. The van der Waals surface area contributed by atoms with E-state index in [9.17, 15) is 9.59 Å². The Hall–Kier alpha value is -3.70. The van der Waals surface area contributed by atoms with Gasteiger partial charge in [0.2, 0.25) is 5.91 Å². The summed E-state index contributed by atoms with van der Waals surface area (Å²) in [5.74, 6) is -1.31. The third-order valence-electron chi connectivity index (χ3n) is 6.19. The number of carbonyl (C=O) groups excluding carboxylic acids is 2. The third-order valence-corrected chi connectivity index (χ3v) is 7.32. The van der Waals surface area contributed by atoms with Crippen LogP contribution in [0.5, 0.6) is 0 Å². The van der Waals surface area contributed by atoms with Crippen LogP contribution in [0.3, 0.4) is 0 Å². The zero-order valence-electron chi connectivity index (χ0n) is 20.2. The summed E-state index contributed by atoms with van der Waals surface area (Å²) in [6, 6.07) is 30.0. The fourth-order valence-corrected chi connectivity index (χ4v) is 5.46. The quantitative estimate of drug-likeness (QED) is 0.272. The lowest BCUT2D eigenvalue weighted by Gasteiger charge is -2.28. The predicted octanol–water partition coefficient (Wildman–Crippen LogP) is 7.10. The highest BCUT2D eigenvalue weighted by Gasteiger charge is 2.34. The number of anilines is 1. The van der Waals surface area contributed by atoms with Gasteiger partial charge in [-0.1, -0.05) is 91.0 Å². The summed E-state index contributed by atoms with van der Waals surface area (Å²) in [6.07, 6.45) is 0. The Labute approximate surface area is 210 Å². The Balaban J connectivity index is 1.82. The predicted molar refractivity (Wildman–Crippen MR) is 142 cm³/mol. The molecule has 1 heterocycles. The van der Waals surface area contributed by atoms with Crippen LogP contribution >= 0.6 is 11.3 Å². The van der Waals surface area contributed by atoms with E-state index in [4.69, 9.17) is 4.74 Å². The van der Waals surface area contributed by atoms with Gasteiger partial charge >= 0.3 is 5.97 Å². The monoisotopic (exact) mass is 483 g/mol. The number of aryl methyl sites for hydroxylation is 1. The topological polar surface area (TPSA) is 55.4 Å². The molecule has 1 unspecified atom stereocenters. The molecule has 1 aromatic heterocycles. The van der Waals surface area contributed by atoms with Crippen LogP contribution in [0.4, 0.5) is 5.00 Å². The standard InChI is InChI=1S/C30H29NO3S/c1-4-34-30(33)25-20(2)21(3)35-29(25)31-28(32)27(24-18-12-7-13-19-24)26(22-14-8-5-9-15-22)23-16-10-6-11-17-23/h5-19,26-27H,4H2,1-3H3,(H,31,32). The molecule has 3 aromatic carbocycles. The third kappa shape index (κ3) is 5.36. The number of hydrogen-bond acceptors (Lipinski definition) is 4. The second kappa shape index (κ2) is 11.2. The van der Waals surface area contributed by atoms with Gasteiger partial charge in [-0.05, 0) is 43.0 Å². The molecule has 0 aliphatic heterocycles. The number of ether oxygens (including phenoxy) is 1. The van der Waals surface area contributed by atoms with Crippen LogP contribution in [-0.4, -0.2) is 18.5 Å². The van der Waals surface area contributed by atoms with Crippen LogP contribution in [0.15, 0.2) is 91.0 Å². The van der Waals surface area contributed by atoms with Crippen molar-refractivity contribution in [1.82, 2.24) is 0 Å². The molecule has 5 heteroatoms. The zero-order valence-corrected chi connectivity index (χ0v) is 21.0. The molecule has 0 radical (unpaired) electrons. The van der Waals surface area contributed by atoms with Crippen LogP contribution in [0.25, 0.3) is 0 Å². The lowest BCUT2D eigenvalue weighted by Crippen LogP contribution is -2.27. The van der Waals surface area contributed by atoms with Crippen LogP contribution in [-0.2, 0) is 9.53 Å². The first-order chi connectivity index (χ1) is 17.0. The zero-order chi connectivity index (χ0) is 24.8. The van der Waals surface area contributed by atoms with Crippen LogP contribution in [0.2, 0.25) is 0 Å². The van der Waals surface area contributed by atoms with Gasteiger partial charge in [0, 0.05) is 10.8 Å². The Morgan fingerprint density at radius 3 is 1.77 bits per heavy atom. The van der Waals surface area contributed by atoms with Gasteiger partial charge in [0.1, 0.15) is 5.00 Å². The number of thiophene rings is 1. The molecule has 0 saturated carbocycles. The summed E-state index contributed by atoms with van der Waals surface area (Å²) in [7, 11) is 0. The first-order valence-corrected chi connectivity index (χ1v) is 12.6. The smallest absolute Gasteiger partial charge is 0.341 e. The van der Waals surface area contributed by atoms with E-state index < -0.39 is 11.9 Å². The number of hydrogen-bond donors (Lipinski definition) is 1. The lowest BCUT2D eigenvalue weighted by atomic mass is 9.76. The summed E-state index contributed by atoms with van der Waals surface area (Å²) >= 11 is 1.41. The molecule has 35 heavy (non-hydrogen) atoms. The molecular formula is C30H29NO3S. The van der Waals surface area contributed by atoms with E-state index in [0.29, 0.717) is 10.6 Å². The van der Waals surface area contributed by atoms with Crippen molar-refractivity contribution in [2.75, 3.05) is 11.9 Å². The Morgan fingerprint density at radius 2 is 1.29 bits per heavy atom. The average Bonchev–Trinajstić information content (AvgIpc) is 3.16. The molecule has 4 nitrogen and oxygen atoms in total. The highest BCUT2D eigenvalue weighted by Crippen LogP contribution is 2.41. The van der Waals surface area contributed by atoms with Crippen molar-refractivity contribution in [3.63, 3.8) is 0 Å². The molecular weight excluding hydrogens is 454 g/mol. The molecule has 0 aliphatic carbocycles. The number of carbonyl (C=O) groups is 2. The first kappa shape index (κ1) is 24.4. The molecule has 0 spiro atoms. The summed E-state index contributed by atoms with van der Waals surface area (Å²) in [5.41, 5.74) is 4.28. The fourth-order valence-electron chi connectivity index (χ4n) is 4.41. The van der Waals surface area contributed by atoms with Crippen molar-refractivity contribution in [1.29, 1.82) is 0 Å². The van der Waals surface area contributed by atoms with E-state index >= 15 is 0 Å². The van der Waals surface area contributed by atoms with Crippen molar-refractivity contribution in [2.45, 2.75) is 32.6 Å². The Morgan fingerprint density at radius 1 is 0.800 bits per heavy atom. The maximum absolute atomic E-state index is 14.1. The van der Waals surface area contributed by atoms with E-state index in [1.165, 1.54) is 11.3 Å². The molecule has 0 bridgehead atoms. The molecule has 4 rings (SSSR count). The van der Waals surface area contributed by atoms with Gasteiger partial charge < -0.3 is 10.1 Å². The second-order valence-corrected chi connectivity index (χ2v) is 9.61. The van der Waals surface area contributed by atoms with E-state index in [2.05, 4.69) is 29.6 Å². The molecule has 4 aromatic rings. The van der Waals surface area contributed by atoms with Crippen molar-refractivity contribution < 1.29 is 14.3 Å². The van der Waals surface area contributed by atoms with Gasteiger partial charge in [0.05, 0.1) is 18.1 Å². The summed E-state index contributed by atoms with van der Waals surface area (Å²) in [5, 5.41) is 3.64. The van der Waals surface area contributed by atoms with E-state index in [-0.39, 0.29) is 18.4 Å². The molecule has 0 saturated heterocycles. The minimum Gasteiger partial charge on any atom is -0.462 e. The highest BCUT2D eigenvalue weighted by molar-refractivity contribution is 7.16. The van der Waals surface area contributed by atoms with Gasteiger partial charge in [0.15, 0.2) is 0 Å². The van der Waals surface area contributed by atoms with E-state index in [1.807, 2.05) is 80.6 Å².